The van der Waals surface area contributed by atoms with Gasteiger partial charge in [0.05, 0.1) is 6.04 Å². The monoisotopic (exact) mass is 129 g/mol. The van der Waals surface area contributed by atoms with Crippen LogP contribution in [0.3, 0.4) is 0 Å². The maximum Gasteiger partial charge on any atom is 0.214 e. The number of carbonyl (C=O) groups is 2. The van der Waals surface area contributed by atoms with E-state index < -0.39 is 5.78 Å². The smallest absolute Gasteiger partial charge is 0.214 e. The molecule has 9 heavy (non-hydrogen) atoms. The Morgan fingerprint density at radius 2 is 1.89 bits per heavy atom. The molecule has 3 nitrogen and oxygen atoms in total. The van der Waals surface area contributed by atoms with Crippen LogP contribution in [0.2, 0.25) is 0 Å². The first-order chi connectivity index (χ1) is 4.09. The number of hydrogen-bond donors (Lipinski definition) is 1. The summed E-state index contributed by atoms with van der Waals surface area (Å²) in [5.41, 5.74) is 0. The second-order valence-electron chi connectivity index (χ2n) is 1.93. The number of nitrogens with one attached hydrogen (secondary N) is 1. The summed E-state index contributed by atoms with van der Waals surface area (Å²) in [7, 11) is 1.64. The summed E-state index contributed by atoms with van der Waals surface area (Å²) in [5.74, 6) is -0.755. The van der Waals surface area contributed by atoms with Gasteiger partial charge in [-0.2, -0.15) is 0 Å². The summed E-state index contributed by atoms with van der Waals surface area (Å²) in [6.07, 6.45) is 0. The highest BCUT2D eigenvalue weighted by atomic mass is 16.2. The normalized spacial score (nSPS) is 12.8. The van der Waals surface area contributed by atoms with E-state index in [1.165, 1.54) is 6.92 Å². The van der Waals surface area contributed by atoms with Crippen LogP contribution in [0.1, 0.15) is 13.8 Å². The fourth-order valence-corrected chi connectivity index (χ4v) is 0.436. The predicted molar refractivity (Wildman–Crippen MR) is 34.2 cm³/mol. The van der Waals surface area contributed by atoms with Gasteiger partial charge >= 0.3 is 0 Å². The third-order valence-electron chi connectivity index (χ3n) is 1.17. The molecule has 52 valence electrons. The molecule has 0 aliphatic heterocycles. The van der Waals surface area contributed by atoms with Gasteiger partial charge in [0.1, 0.15) is 0 Å². The molecule has 0 aromatic carbocycles. The van der Waals surface area contributed by atoms with Gasteiger partial charge in [0.25, 0.3) is 0 Å². The Morgan fingerprint density at radius 1 is 1.44 bits per heavy atom. The topological polar surface area (TPSA) is 46.2 Å². The van der Waals surface area contributed by atoms with Crippen LogP contribution in [-0.4, -0.2) is 24.7 Å². The van der Waals surface area contributed by atoms with Gasteiger partial charge in [-0.25, -0.2) is 0 Å². The summed E-state index contributed by atoms with van der Waals surface area (Å²) >= 11 is 0. The summed E-state index contributed by atoms with van der Waals surface area (Å²) in [6.45, 7) is 2.93. The second kappa shape index (κ2) is 3.35. The SMILES string of the molecule is CNC(C)C(=O)C(C)=O. The lowest BCUT2D eigenvalue weighted by molar-refractivity contribution is -0.136. The Bertz CT molecular complexity index is 131. The van der Waals surface area contributed by atoms with Crippen molar-refractivity contribution in [1.29, 1.82) is 0 Å². The van der Waals surface area contributed by atoms with E-state index in [0.29, 0.717) is 0 Å². The number of carbonyl (C=O) groups excluding carboxylic acids is 2. The first kappa shape index (κ1) is 8.30. The third-order valence-corrected chi connectivity index (χ3v) is 1.17. The van der Waals surface area contributed by atoms with Gasteiger partial charge in [-0.05, 0) is 14.0 Å². The van der Waals surface area contributed by atoms with Gasteiger partial charge in [-0.3, -0.25) is 9.59 Å². The molecule has 0 aliphatic rings. The van der Waals surface area contributed by atoms with Crippen LogP contribution in [0, 0.1) is 0 Å². The van der Waals surface area contributed by atoms with Crippen LogP contribution in [0.4, 0.5) is 0 Å². The molecular weight excluding hydrogens is 118 g/mol. The molecule has 1 N–H and O–H groups in total. The van der Waals surface area contributed by atoms with Gasteiger partial charge in [0, 0.05) is 6.92 Å². The quantitative estimate of drug-likeness (QED) is 0.534. The average molecular weight is 129 g/mol. The Labute approximate surface area is 54.4 Å². The number of Topliss-reactive ketones (excluding diaryl/α,β-unsaturated/α-hetero) is 2. The molecule has 0 saturated carbocycles. The van der Waals surface area contributed by atoms with Crippen molar-refractivity contribution in [3.63, 3.8) is 0 Å². The van der Waals surface area contributed by atoms with Crippen LogP contribution in [0.5, 0.6) is 0 Å². The van der Waals surface area contributed by atoms with Crippen molar-refractivity contribution in [2.24, 2.45) is 0 Å². The highest BCUT2D eigenvalue weighted by Gasteiger charge is 2.13. The van der Waals surface area contributed by atoms with E-state index in [-0.39, 0.29) is 11.8 Å². The lowest BCUT2D eigenvalue weighted by Crippen LogP contribution is -2.34. The maximum atomic E-state index is 10.7. The number of ketones is 2. The van der Waals surface area contributed by atoms with E-state index in [2.05, 4.69) is 5.32 Å². The largest absolute Gasteiger partial charge is 0.310 e. The Balaban J connectivity index is 3.88. The molecule has 0 radical (unpaired) electrons. The third kappa shape index (κ3) is 2.37. The van der Waals surface area contributed by atoms with Crippen LogP contribution >= 0.6 is 0 Å². The first-order valence-electron chi connectivity index (χ1n) is 2.81. The van der Waals surface area contributed by atoms with Gasteiger partial charge < -0.3 is 5.32 Å². The van der Waals surface area contributed by atoms with Crippen LogP contribution in [-0.2, 0) is 9.59 Å². The summed E-state index contributed by atoms with van der Waals surface area (Å²) in [4.78, 5) is 21.0. The number of hydrogen-bond acceptors (Lipinski definition) is 3. The minimum Gasteiger partial charge on any atom is -0.310 e. The average Bonchev–Trinajstić information content (AvgIpc) is 1.84. The standard InChI is InChI=1S/C6H11NO2/c1-4(7-3)6(9)5(2)8/h4,7H,1-3H3. The minimum atomic E-state index is -0.392. The highest BCUT2D eigenvalue weighted by molar-refractivity contribution is 6.38. The van der Waals surface area contributed by atoms with Crippen molar-refractivity contribution in [3.05, 3.63) is 0 Å². The molecule has 0 amide bonds. The molecule has 0 heterocycles. The molecule has 0 rings (SSSR count). The summed E-state index contributed by atoms with van der Waals surface area (Å²) in [6, 6.07) is -0.345. The molecule has 0 spiro atoms. The molecule has 0 aromatic rings. The molecule has 3 heteroatoms. The van der Waals surface area contributed by atoms with E-state index in [0.717, 1.165) is 0 Å². The van der Waals surface area contributed by atoms with Crippen molar-refractivity contribution in [2.45, 2.75) is 19.9 Å². The summed E-state index contributed by atoms with van der Waals surface area (Å²) < 4.78 is 0. The van der Waals surface area contributed by atoms with Crippen molar-refractivity contribution < 1.29 is 9.59 Å². The second-order valence-corrected chi connectivity index (χ2v) is 1.93. The molecule has 0 bridgehead atoms. The van der Waals surface area contributed by atoms with Gasteiger partial charge in [-0.1, -0.05) is 0 Å². The van der Waals surface area contributed by atoms with Gasteiger partial charge in [-0.15, -0.1) is 0 Å². The van der Waals surface area contributed by atoms with Crippen molar-refractivity contribution >= 4 is 11.6 Å². The van der Waals surface area contributed by atoms with Crippen molar-refractivity contribution in [2.75, 3.05) is 7.05 Å². The zero-order valence-electron chi connectivity index (χ0n) is 5.89. The van der Waals surface area contributed by atoms with Crippen molar-refractivity contribution in [3.8, 4) is 0 Å². The predicted octanol–water partition coefficient (Wildman–Crippen LogP) is -0.248. The molecule has 0 aromatic heterocycles. The highest BCUT2D eigenvalue weighted by Crippen LogP contribution is 1.83. The summed E-state index contributed by atoms with van der Waals surface area (Å²) in [5, 5.41) is 2.68. The zero-order chi connectivity index (χ0) is 7.44. The fourth-order valence-electron chi connectivity index (χ4n) is 0.436. The molecule has 1 atom stereocenters. The molecule has 0 aliphatic carbocycles. The molecular formula is C6H11NO2. The van der Waals surface area contributed by atoms with E-state index in [4.69, 9.17) is 0 Å². The van der Waals surface area contributed by atoms with E-state index in [1.54, 1.807) is 14.0 Å². The Kier molecular flexibility index (Phi) is 3.09. The Hall–Kier alpha value is -0.700. The van der Waals surface area contributed by atoms with Gasteiger partial charge in [0.2, 0.25) is 5.78 Å². The van der Waals surface area contributed by atoms with Crippen LogP contribution < -0.4 is 5.32 Å². The minimum absolute atomic E-state index is 0.345. The van der Waals surface area contributed by atoms with Crippen LogP contribution in [0.25, 0.3) is 0 Å². The van der Waals surface area contributed by atoms with Crippen LogP contribution in [0.15, 0.2) is 0 Å². The van der Waals surface area contributed by atoms with Gasteiger partial charge in [0.15, 0.2) is 5.78 Å². The zero-order valence-corrected chi connectivity index (χ0v) is 5.89. The molecule has 0 saturated heterocycles. The van der Waals surface area contributed by atoms with E-state index in [9.17, 15) is 9.59 Å². The fraction of sp³-hybridized carbons (Fsp3) is 0.667. The lowest BCUT2D eigenvalue weighted by Gasteiger charge is -2.03. The van der Waals surface area contributed by atoms with Crippen molar-refractivity contribution in [1.82, 2.24) is 5.32 Å². The lowest BCUT2D eigenvalue weighted by atomic mass is 10.1. The number of rotatable bonds is 3. The van der Waals surface area contributed by atoms with E-state index in [1.807, 2.05) is 0 Å². The Morgan fingerprint density at radius 3 is 2.00 bits per heavy atom. The number of likely N-dealkylation sites (N-methyl/N-ethyl adjacent to an activating group) is 1. The van der Waals surface area contributed by atoms with E-state index >= 15 is 0 Å². The molecule has 1 unspecified atom stereocenters. The first-order valence-corrected chi connectivity index (χ1v) is 2.81. The molecule has 0 fully saturated rings. The maximum absolute atomic E-state index is 10.7.